The van der Waals surface area contributed by atoms with Crippen LogP contribution in [0.2, 0.25) is 0 Å². The molecular formula is C22H26N2O4. The van der Waals surface area contributed by atoms with Crippen LogP contribution in [0.3, 0.4) is 0 Å². The van der Waals surface area contributed by atoms with Crippen molar-refractivity contribution in [2.24, 2.45) is 0 Å². The Kier molecular flexibility index (Phi) is 6.53. The molecule has 1 heterocycles. The maximum atomic E-state index is 12.7. The van der Waals surface area contributed by atoms with Gasteiger partial charge in [0.05, 0.1) is 19.6 Å². The van der Waals surface area contributed by atoms with E-state index in [2.05, 4.69) is 17.6 Å². The first-order valence-electron chi connectivity index (χ1n) is 9.58. The Labute approximate surface area is 165 Å². The van der Waals surface area contributed by atoms with Crippen LogP contribution in [-0.4, -0.2) is 25.5 Å². The molecule has 6 nitrogen and oxygen atoms in total. The largest absolute Gasteiger partial charge is 0.493 e. The molecule has 0 saturated carbocycles. The SMILES string of the molecule is CCCCOc1ccc(CNC(=O)[C@@H]2CC(=O)Nc3ccccc32)cc1OC. The van der Waals surface area contributed by atoms with E-state index in [4.69, 9.17) is 9.47 Å². The molecule has 0 aromatic heterocycles. The van der Waals surface area contributed by atoms with Crippen molar-refractivity contribution in [3.8, 4) is 11.5 Å². The molecule has 0 spiro atoms. The zero-order valence-corrected chi connectivity index (χ0v) is 16.3. The fraction of sp³-hybridized carbons (Fsp3) is 0.364. The smallest absolute Gasteiger partial charge is 0.228 e. The number of carbonyl (C=O) groups excluding carboxylic acids is 2. The van der Waals surface area contributed by atoms with Crippen LogP contribution < -0.4 is 20.1 Å². The Morgan fingerprint density at radius 1 is 1.21 bits per heavy atom. The van der Waals surface area contributed by atoms with Gasteiger partial charge in [0.2, 0.25) is 11.8 Å². The van der Waals surface area contributed by atoms with Crippen molar-refractivity contribution in [2.45, 2.75) is 38.6 Å². The second-order valence-electron chi connectivity index (χ2n) is 6.80. The molecule has 6 heteroatoms. The number of carbonyl (C=O) groups is 2. The van der Waals surface area contributed by atoms with Gasteiger partial charge in [-0.25, -0.2) is 0 Å². The van der Waals surface area contributed by atoms with Crippen LogP contribution in [0.4, 0.5) is 5.69 Å². The molecule has 0 aliphatic carbocycles. The second kappa shape index (κ2) is 9.26. The normalized spacial score (nSPS) is 15.4. The summed E-state index contributed by atoms with van der Waals surface area (Å²) in [5, 5.41) is 5.75. The maximum Gasteiger partial charge on any atom is 0.228 e. The van der Waals surface area contributed by atoms with E-state index in [1.807, 2.05) is 42.5 Å². The van der Waals surface area contributed by atoms with Gasteiger partial charge in [0.1, 0.15) is 0 Å². The van der Waals surface area contributed by atoms with E-state index in [1.165, 1.54) is 0 Å². The summed E-state index contributed by atoms with van der Waals surface area (Å²) in [6.45, 7) is 3.11. The van der Waals surface area contributed by atoms with Gasteiger partial charge in [-0.05, 0) is 35.7 Å². The van der Waals surface area contributed by atoms with Gasteiger partial charge in [0.25, 0.3) is 0 Å². The van der Waals surface area contributed by atoms with Gasteiger partial charge < -0.3 is 20.1 Å². The molecule has 2 amide bonds. The van der Waals surface area contributed by atoms with Gasteiger partial charge in [0, 0.05) is 18.7 Å². The quantitative estimate of drug-likeness (QED) is 0.684. The summed E-state index contributed by atoms with van der Waals surface area (Å²) < 4.78 is 11.1. The third-order valence-electron chi connectivity index (χ3n) is 4.77. The molecule has 2 aromatic carbocycles. The highest BCUT2D eigenvalue weighted by Crippen LogP contribution is 2.32. The van der Waals surface area contributed by atoms with Gasteiger partial charge >= 0.3 is 0 Å². The van der Waals surface area contributed by atoms with Crippen molar-refractivity contribution < 1.29 is 19.1 Å². The Morgan fingerprint density at radius 3 is 2.82 bits per heavy atom. The summed E-state index contributed by atoms with van der Waals surface area (Å²) in [4.78, 5) is 24.7. The van der Waals surface area contributed by atoms with Crippen molar-refractivity contribution >= 4 is 17.5 Å². The van der Waals surface area contributed by atoms with Gasteiger partial charge in [0.15, 0.2) is 11.5 Å². The van der Waals surface area contributed by atoms with Crippen molar-refractivity contribution in [3.05, 3.63) is 53.6 Å². The molecule has 1 aliphatic rings. The number of hydrogen-bond acceptors (Lipinski definition) is 4. The van der Waals surface area contributed by atoms with Gasteiger partial charge in [-0.2, -0.15) is 0 Å². The molecular weight excluding hydrogens is 356 g/mol. The fourth-order valence-corrected chi connectivity index (χ4v) is 3.23. The molecule has 0 radical (unpaired) electrons. The van der Waals surface area contributed by atoms with Crippen LogP contribution in [0.25, 0.3) is 0 Å². The van der Waals surface area contributed by atoms with Crippen LogP contribution in [-0.2, 0) is 16.1 Å². The third kappa shape index (κ3) is 4.63. The van der Waals surface area contributed by atoms with E-state index in [1.54, 1.807) is 7.11 Å². The van der Waals surface area contributed by atoms with Gasteiger partial charge in [-0.3, -0.25) is 9.59 Å². The Morgan fingerprint density at radius 2 is 2.04 bits per heavy atom. The number of para-hydroxylation sites is 1. The average Bonchev–Trinajstić information content (AvgIpc) is 2.72. The number of benzene rings is 2. The number of unbranched alkanes of at least 4 members (excludes halogenated alkanes) is 1. The fourth-order valence-electron chi connectivity index (χ4n) is 3.23. The summed E-state index contributed by atoms with van der Waals surface area (Å²) in [5.74, 6) is 0.552. The highest BCUT2D eigenvalue weighted by molar-refractivity contribution is 6.01. The number of fused-ring (bicyclic) bond motifs is 1. The predicted octanol–water partition coefficient (Wildman–Crippen LogP) is 3.62. The van der Waals surface area contributed by atoms with E-state index in [0.717, 1.165) is 24.0 Å². The van der Waals surface area contributed by atoms with E-state index < -0.39 is 5.92 Å². The van der Waals surface area contributed by atoms with Gasteiger partial charge in [-0.1, -0.05) is 37.6 Å². The highest BCUT2D eigenvalue weighted by Gasteiger charge is 2.30. The molecule has 28 heavy (non-hydrogen) atoms. The Hall–Kier alpha value is -3.02. The van der Waals surface area contributed by atoms with Crippen molar-refractivity contribution in [2.75, 3.05) is 19.0 Å². The maximum absolute atomic E-state index is 12.7. The molecule has 1 aliphatic heterocycles. The highest BCUT2D eigenvalue weighted by atomic mass is 16.5. The number of hydrogen-bond donors (Lipinski definition) is 2. The molecule has 1 atom stereocenters. The topological polar surface area (TPSA) is 76.7 Å². The average molecular weight is 382 g/mol. The lowest BCUT2D eigenvalue weighted by Gasteiger charge is -2.24. The number of nitrogens with one attached hydrogen (secondary N) is 2. The Bertz CT molecular complexity index is 850. The molecule has 0 fully saturated rings. The molecule has 148 valence electrons. The molecule has 0 unspecified atom stereocenters. The van der Waals surface area contributed by atoms with Crippen LogP contribution >= 0.6 is 0 Å². The monoisotopic (exact) mass is 382 g/mol. The van der Waals surface area contributed by atoms with Crippen LogP contribution in [0, 0.1) is 0 Å². The molecule has 0 bridgehead atoms. The zero-order chi connectivity index (χ0) is 19.9. The minimum atomic E-state index is -0.483. The lowest BCUT2D eigenvalue weighted by atomic mass is 9.90. The molecule has 2 aromatic rings. The third-order valence-corrected chi connectivity index (χ3v) is 4.77. The predicted molar refractivity (Wildman–Crippen MR) is 108 cm³/mol. The summed E-state index contributed by atoms with van der Waals surface area (Å²) in [6, 6.07) is 13.0. The number of ether oxygens (including phenoxy) is 2. The second-order valence-corrected chi connectivity index (χ2v) is 6.80. The van der Waals surface area contributed by atoms with Gasteiger partial charge in [-0.15, -0.1) is 0 Å². The summed E-state index contributed by atoms with van der Waals surface area (Å²) in [7, 11) is 1.60. The first-order chi connectivity index (χ1) is 13.6. The summed E-state index contributed by atoms with van der Waals surface area (Å²) in [5.41, 5.74) is 2.45. The van der Waals surface area contributed by atoms with Crippen LogP contribution in [0.15, 0.2) is 42.5 Å². The van der Waals surface area contributed by atoms with Crippen LogP contribution in [0.1, 0.15) is 43.2 Å². The lowest BCUT2D eigenvalue weighted by molar-refractivity contribution is -0.126. The standard InChI is InChI=1S/C22H26N2O4/c1-3-4-11-28-19-10-9-15(12-20(19)27-2)14-23-22(26)17-13-21(25)24-18-8-6-5-7-16(17)18/h5-10,12,17H,3-4,11,13-14H2,1-2H3,(H,23,26)(H,24,25)/t17-/m1/s1. The zero-order valence-electron chi connectivity index (χ0n) is 16.3. The van der Waals surface area contributed by atoms with E-state index in [9.17, 15) is 9.59 Å². The van der Waals surface area contributed by atoms with Crippen molar-refractivity contribution in [3.63, 3.8) is 0 Å². The first-order valence-corrected chi connectivity index (χ1v) is 9.58. The van der Waals surface area contributed by atoms with E-state index >= 15 is 0 Å². The molecule has 0 saturated heterocycles. The minimum Gasteiger partial charge on any atom is -0.493 e. The first kappa shape index (κ1) is 19.7. The summed E-state index contributed by atoms with van der Waals surface area (Å²) in [6.07, 6.45) is 2.20. The Balaban J connectivity index is 1.65. The number of anilines is 1. The number of methoxy groups -OCH3 is 1. The van der Waals surface area contributed by atoms with Crippen molar-refractivity contribution in [1.29, 1.82) is 0 Å². The lowest BCUT2D eigenvalue weighted by Crippen LogP contribution is -2.34. The van der Waals surface area contributed by atoms with Crippen LogP contribution in [0.5, 0.6) is 11.5 Å². The number of amides is 2. The molecule has 2 N–H and O–H groups in total. The van der Waals surface area contributed by atoms with Crippen molar-refractivity contribution in [1.82, 2.24) is 5.32 Å². The summed E-state index contributed by atoms with van der Waals surface area (Å²) >= 11 is 0. The van der Waals surface area contributed by atoms with E-state index in [0.29, 0.717) is 30.3 Å². The minimum absolute atomic E-state index is 0.144. The van der Waals surface area contributed by atoms with E-state index in [-0.39, 0.29) is 18.2 Å². The molecule has 3 rings (SSSR count). The number of rotatable bonds is 8.